The van der Waals surface area contributed by atoms with Gasteiger partial charge in [0.25, 0.3) is 0 Å². The first-order valence-corrected chi connectivity index (χ1v) is 6.13. The molecule has 3 nitrogen and oxygen atoms in total. The lowest BCUT2D eigenvalue weighted by Gasteiger charge is -2.26. The topological polar surface area (TPSA) is 41.1 Å². The number of rotatable bonds is 2. The summed E-state index contributed by atoms with van der Waals surface area (Å²) in [5.41, 5.74) is -0.164. The van der Waals surface area contributed by atoms with E-state index < -0.39 is 0 Å². The molecule has 0 radical (unpaired) electrons. The van der Waals surface area contributed by atoms with Gasteiger partial charge in [-0.15, -0.1) is 0 Å². The summed E-state index contributed by atoms with van der Waals surface area (Å²) in [7, 11) is 0. The molecule has 1 aliphatic heterocycles. The van der Waals surface area contributed by atoms with Crippen LogP contribution in [0, 0.1) is 11.3 Å². The van der Waals surface area contributed by atoms with Gasteiger partial charge in [0.2, 0.25) is 5.91 Å². The molecule has 15 heavy (non-hydrogen) atoms. The van der Waals surface area contributed by atoms with Gasteiger partial charge in [0.15, 0.2) is 0 Å². The van der Waals surface area contributed by atoms with Gasteiger partial charge >= 0.3 is 0 Å². The highest BCUT2D eigenvalue weighted by molar-refractivity contribution is 5.83. The third-order valence-corrected chi connectivity index (χ3v) is 4.09. The number of carbonyl (C=O) groups is 1. The number of amides is 1. The van der Waals surface area contributed by atoms with E-state index in [-0.39, 0.29) is 11.3 Å². The summed E-state index contributed by atoms with van der Waals surface area (Å²) in [6.07, 6.45) is 4.66. The Hall–Kier alpha value is -0.570. The normalized spacial score (nSPS) is 40.7. The second-order valence-corrected chi connectivity index (χ2v) is 5.48. The van der Waals surface area contributed by atoms with E-state index in [0.29, 0.717) is 12.0 Å². The fourth-order valence-corrected chi connectivity index (χ4v) is 2.71. The van der Waals surface area contributed by atoms with Gasteiger partial charge in [-0.05, 0) is 38.6 Å². The number of nitrogens with one attached hydrogen (secondary N) is 2. The zero-order valence-corrected chi connectivity index (χ0v) is 9.81. The van der Waals surface area contributed by atoms with E-state index in [2.05, 4.69) is 24.5 Å². The Labute approximate surface area is 92.0 Å². The van der Waals surface area contributed by atoms with Crippen LogP contribution in [0.1, 0.15) is 39.5 Å². The predicted molar refractivity (Wildman–Crippen MR) is 60.5 cm³/mol. The highest BCUT2D eigenvalue weighted by Gasteiger charge is 2.38. The van der Waals surface area contributed by atoms with Gasteiger partial charge in [0.05, 0.1) is 5.41 Å². The van der Waals surface area contributed by atoms with Crippen LogP contribution < -0.4 is 10.6 Å². The molecule has 0 aromatic carbocycles. The largest absolute Gasteiger partial charge is 0.353 e. The molecule has 3 atom stereocenters. The SMILES string of the molecule is CC1CCCC1NC(=O)C1(C)CCNC1. The third-order valence-electron chi connectivity index (χ3n) is 4.09. The van der Waals surface area contributed by atoms with Crippen molar-refractivity contribution < 1.29 is 4.79 Å². The van der Waals surface area contributed by atoms with Crippen molar-refractivity contribution in [2.24, 2.45) is 11.3 Å². The Balaban J connectivity index is 1.91. The number of hydrogen-bond donors (Lipinski definition) is 2. The molecule has 1 amide bonds. The fraction of sp³-hybridized carbons (Fsp3) is 0.917. The Morgan fingerprint density at radius 2 is 2.27 bits per heavy atom. The predicted octanol–water partition coefficient (Wildman–Crippen LogP) is 1.29. The van der Waals surface area contributed by atoms with Gasteiger partial charge in [0, 0.05) is 12.6 Å². The third kappa shape index (κ3) is 2.17. The molecule has 1 saturated carbocycles. The van der Waals surface area contributed by atoms with E-state index >= 15 is 0 Å². The number of hydrogen-bond acceptors (Lipinski definition) is 2. The summed E-state index contributed by atoms with van der Waals surface area (Å²) in [4.78, 5) is 12.1. The lowest BCUT2D eigenvalue weighted by Crippen LogP contribution is -2.46. The van der Waals surface area contributed by atoms with Crippen LogP contribution in [-0.2, 0) is 4.79 Å². The van der Waals surface area contributed by atoms with Gasteiger partial charge in [-0.3, -0.25) is 4.79 Å². The molecule has 2 N–H and O–H groups in total. The molecule has 0 aromatic heterocycles. The molecule has 1 heterocycles. The summed E-state index contributed by atoms with van der Waals surface area (Å²) in [6, 6.07) is 0.426. The van der Waals surface area contributed by atoms with Crippen LogP contribution in [0.15, 0.2) is 0 Å². The Morgan fingerprint density at radius 3 is 2.80 bits per heavy atom. The Bertz CT molecular complexity index is 246. The minimum absolute atomic E-state index is 0.164. The standard InChI is InChI=1S/C12H22N2O/c1-9-4-3-5-10(9)14-11(15)12(2)6-7-13-8-12/h9-10,13H,3-8H2,1-2H3,(H,14,15). The smallest absolute Gasteiger partial charge is 0.227 e. The maximum atomic E-state index is 12.1. The zero-order valence-electron chi connectivity index (χ0n) is 9.81. The first kappa shape index (κ1) is 10.9. The Morgan fingerprint density at radius 1 is 1.47 bits per heavy atom. The maximum Gasteiger partial charge on any atom is 0.227 e. The van der Waals surface area contributed by atoms with Crippen LogP contribution in [0.5, 0.6) is 0 Å². The van der Waals surface area contributed by atoms with E-state index in [4.69, 9.17) is 0 Å². The first-order valence-electron chi connectivity index (χ1n) is 6.13. The first-order chi connectivity index (χ1) is 7.12. The van der Waals surface area contributed by atoms with Crippen LogP contribution in [0.4, 0.5) is 0 Å². The molecule has 2 aliphatic rings. The van der Waals surface area contributed by atoms with Gasteiger partial charge in [-0.25, -0.2) is 0 Å². The average Bonchev–Trinajstić information content (AvgIpc) is 2.78. The quantitative estimate of drug-likeness (QED) is 0.721. The highest BCUT2D eigenvalue weighted by Crippen LogP contribution is 2.28. The van der Waals surface area contributed by atoms with Crippen LogP contribution in [0.2, 0.25) is 0 Å². The van der Waals surface area contributed by atoms with Crippen molar-refractivity contribution in [1.29, 1.82) is 0 Å². The molecule has 2 fully saturated rings. The molecule has 3 heteroatoms. The van der Waals surface area contributed by atoms with Crippen molar-refractivity contribution in [3.05, 3.63) is 0 Å². The minimum atomic E-state index is -0.164. The Kier molecular flexibility index (Phi) is 3.01. The summed E-state index contributed by atoms with van der Waals surface area (Å²) in [5.74, 6) is 0.915. The van der Waals surface area contributed by atoms with E-state index in [9.17, 15) is 4.79 Å². The van der Waals surface area contributed by atoms with Crippen molar-refractivity contribution in [1.82, 2.24) is 10.6 Å². The molecule has 86 valence electrons. The van der Waals surface area contributed by atoms with Crippen LogP contribution in [0.3, 0.4) is 0 Å². The molecule has 0 aromatic rings. The second kappa shape index (κ2) is 4.12. The minimum Gasteiger partial charge on any atom is -0.353 e. The molecule has 1 aliphatic carbocycles. The summed E-state index contributed by atoms with van der Waals surface area (Å²) < 4.78 is 0. The molecular weight excluding hydrogens is 188 g/mol. The van der Waals surface area contributed by atoms with E-state index in [0.717, 1.165) is 25.9 Å². The lowest BCUT2D eigenvalue weighted by atomic mass is 9.88. The summed E-state index contributed by atoms with van der Waals surface area (Å²) in [6.45, 7) is 6.12. The van der Waals surface area contributed by atoms with Gasteiger partial charge in [-0.2, -0.15) is 0 Å². The molecule has 3 unspecified atom stereocenters. The van der Waals surface area contributed by atoms with Crippen LogP contribution >= 0.6 is 0 Å². The highest BCUT2D eigenvalue weighted by atomic mass is 16.2. The van der Waals surface area contributed by atoms with Crippen LogP contribution in [0.25, 0.3) is 0 Å². The maximum absolute atomic E-state index is 12.1. The monoisotopic (exact) mass is 210 g/mol. The fourth-order valence-electron chi connectivity index (χ4n) is 2.71. The average molecular weight is 210 g/mol. The molecule has 1 saturated heterocycles. The van der Waals surface area contributed by atoms with Gasteiger partial charge < -0.3 is 10.6 Å². The van der Waals surface area contributed by atoms with Crippen LogP contribution in [-0.4, -0.2) is 25.0 Å². The summed E-state index contributed by atoms with van der Waals surface area (Å²) >= 11 is 0. The molecular formula is C12H22N2O. The van der Waals surface area contributed by atoms with E-state index in [1.165, 1.54) is 12.8 Å². The molecule has 0 spiro atoms. The zero-order chi connectivity index (χ0) is 10.9. The van der Waals surface area contributed by atoms with Crippen molar-refractivity contribution in [3.8, 4) is 0 Å². The van der Waals surface area contributed by atoms with Gasteiger partial charge in [0.1, 0.15) is 0 Å². The number of carbonyl (C=O) groups excluding carboxylic acids is 1. The van der Waals surface area contributed by atoms with E-state index in [1.807, 2.05) is 0 Å². The second-order valence-electron chi connectivity index (χ2n) is 5.48. The lowest BCUT2D eigenvalue weighted by molar-refractivity contribution is -0.130. The van der Waals surface area contributed by atoms with Gasteiger partial charge in [-0.1, -0.05) is 13.3 Å². The van der Waals surface area contributed by atoms with E-state index in [1.54, 1.807) is 0 Å². The van der Waals surface area contributed by atoms with Crippen molar-refractivity contribution in [2.45, 2.75) is 45.6 Å². The van der Waals surface area contributed by atoms with Crippen molar-refractivity contribution >= 4 is 5.91 Å². The summed E-state index contributed by atoms with van der Waals surface area (Å²) in [5, 5.41) is 6.50. The van der Waals surface area contributed by atoms with Crippen molar-refractivity contribution in [2.75, 3.05) is 13.1 Å². The molecule has 0 bridgehead atoms. The van der Waals surface area contributed by atoms with Crippen molar-refractivity contribution in [3.63, 3.8) is 0 Å². The molecule has 2 rings (SSSR count).